The average molecular weight is 577 g/mol. The highest BCUT2D eigenvalue weighted by Gasteiger charge is 2.60. The molecule has 4 atom stereocenters. The fourth-order valence-electron chi connectivity index (χ4n) is 5.39. The van der Waals surface area contributed by atoms with Gasteiger partial charge in [0.05, 0.1) is 27.9 Å². The average Bonchev–Trinajstić information content (AvgIpc) is 3.58. The van der Waals surface area contributed by atoms with Gasteiger partial charge in [0.2, 0.25) is 5.91 Å². The van der Waals surface area contributed by atoms with Gasteiger partial charge in [-0.2, -0.15) is 0 Å². The summed E-state index contributed by atoms with van der Waals surface area (Å²) in [5.74, 6) is -1.80. The van der Waals surface area contributed by atoms with Crippen molar-refractivity contribution in [3.05, 3.63) is 93.4 Å². The zero-order chi connectivity index (χ0) is 28.1. The van der Waals surface area contributed by atoms with Crippen molar-refractivity contribution in [2.75, 3.05) is 0 Å². The number of carbonyl (C=O) groups is 2. The molecule has 1 fully saturated rings. The van der Waals surface area contributed by atoms with Gasteiger partial charge in [0.15, 0.2) is 0 Å². The number of aliphatic hydroxyl groups is 1. The van der Waals surface area contributed by atoms with Crippen LogP contribution in [-0.4, -0.2) is 48.3 Å². The fraction of sp³-hybridized carbons (Fsp3) is 0.250. The van der Waals surface area contributed by atoms with Crippen LogP contribution in [-0.2, 0) is 20.9 Å². The van der Waals surface area contributed by atoms with Gasteiger partial charge in [0.1, 0.15) is 28.5 Å². The minimum Gasteiger partial charge on any atom is -0.456 e. The number of thiazole rings is 1. The van der Waals surface area contributed by atoms with E-state index in [2.05, 4.69) is 4.98 Å². The van der Waals surface area contributed by atoms with E-state index in [4.69, 9.17) is 4.74 Å². The number of benzene rings is 2. The Hall–Kier alpha value is -4.00. The summed E-state index contributed by atoms with van der Waals surface area (Å²) in [6, 6.07) is 15.3. The van der Waals surface area contributed by atoms with E-state index in [9.17, 15) is 24.8 Å². The van der Waals surface area contributed by atoms with E-state index in [1.165, 1.54) is 40.5 Å². The van der Waals surface area contributed by atoms with E-state index in [-0.39, 0.29) is 35.9 Å². The smallest absolute Gasteiger partial charge is 0.355 e. The van der Waals surface area contributed by atoms with Crippen LogP contribution < -0.4 is 0 Å². The van der Waals surface area contributed by atoms with Crippen LogP contribution in [0.2, 0.25) is 0 Å². The molecule has 0 saturated carbocycles. The standard InChI is InChI=1S/C28H24N4O6S2/c1-15-21(20-12-30-14-29-25(27(30)40-20)39-19-6-4-3-5-7-19)24(31-23(15)22(16(2)33)26(31)34)28(35)38-13-17-8-10-18(11-9-17)32(36)37/h3-12,14-16,22-23,33H,13H2,1-2H3/t15-,16+,22+,23+/m0/s1. The molecule has 10 nitrogen and oxygen atoms in total. The molecule has 1 saturated heterocycles. The number of nitro benzene ring substituents is 1. The van der Waals surface area contributed by atoms with E-state index in [0.717, 1.165) is 19.6 Å². The molecule has 2 aromatic carbocycles. The summed E-state index contributed by atoms with van der Waals surface area (Å²) in [7, 11) is 0. The summed E-state index contributed by atoms with van der Waals surface area (Å²) in [6.45, 7) is 3.44. The third kappa shape index (κ3) is 4.37. The largest absolute Gasteiger partial charge is 0.456 e. The van der Waals surface area contributed by atoms with Crippen LogP contribution in [0.4, 0.5) is 5.69 Å². The zero-order valence-corrected chi connectivity index (χ0v) is 23.1. The first kappa shape index (κ1) is 26.2. The Labute approximate surface area is 237 Å². The molecule has 6 rings (SSSR count). The lowest BCUT2D eigenvalue weighted by Crippen LogP contribution is -2.63. The topological polar surface area (TPSA) is 127 Å². The van der Waals surface area contributed by atoms with Gasteiger partial charge in [-0.25, -0.2) is 9.78 Å². The number of ether oxygens (including phenoxy) is 1. The van der Waals surface area contributed by atoms with E-state index < -0.39 is 22.9 Å². The Kier molecular flexibility index (Phi) is 6.69. The lowest BCUT2D eigenvalue weighted by molar-refractivity contribution is -0.384. The number of esters is 1. The Morgan fingerprint density at radius 1 is 1.23 bits per heavy atom. The molecule has 0 radical (unpaired) electrons. The number of aromatic nitrogens is 2. The molecular weight excluding hydrogens is 552 g/mol. The van der Waals surface area contributed by atoms with E-state index >= 15 is 0 Å². The Morgan fingerprint density at radius 2 is 1.95 bits per heavy atom. The second kappa shape index (κ2) is 10.2. The van der Waals surface area contributed by atoms with Gasteiger partial charge in [-0.3, -0.25) is 19.3 Å². The molecule has 12 heteroatoms. The van der Waals surface area contributed by atoms with Gasteiger partial charge in [-0.15, -0.1) is 11.3 Å². The summed E-state index contributed by atoms with van der Waals surface area (Å²) < 4.78 is 7.54. The van der Waals surface area contributed by atoms with Crippen LogP contribution in [0.3, 0.4) is 0 Å². The molecule has 0 unspecified atom stereocenters. The summed E-state index contributed by atoms with van der Waals surface area (Å²) in [4.78, 5) is 45.9. The van der Waals surface area contributed by atoms with Crippen molar-refractivity contribution in [2.24, 2.45) is 11.8 Å². The van der Waals surface area contributed by atoms with E-state index in [1.807, 2.05) is 47.9 Å². The van der Waals surface area contributed by atoms with E-state index in [0.29, 0.717) is 11.1 Å². The Bertz CT molecular complexity index is 1660. The maximum absolute atomic E-state index is 13.5. The molecule has 0 spiro atoms. The number of β-lactam (4-membered cyclic amide) rings is 1. The number of carbonyl (C=O) groups excluding carboxylic acids is 2. The summed E-state index contributed by atoms with van der Waals surface area (Å²) in [6.07, 6.45) is 2.78. The van der Waals surface area contributed by atoms with Crippen LogP contribution in [0.5, 0.6) is 0 Å². The predicted molar refractivity (Wildman–Crippen MR) is 148 cm³/mol. The molecule has 40 heavy (non-hydrogen) atoms. The first-order chi connectivity index (χ1) is 19.2. The summed E-state index contributed by atoms with van der Waals surface area (Å²) in [5, 5.41) is 22.1. The monoisotopic (exact) mass is 576 g/mol. The molecule has 2 aliphatic rings. The molecule has 0 aliphatic carbocycles. The lowest BCUT2D eigenvalue weighted by Gasteiger charge is -2.46. The molecular formula is C28H24N4O6S2. The number of hydrogen-bond acceptors (Lipinski definition) is 9. The van der Waals surface area contributed by atoms with Gasteiger partial charge in [0, 0.05) is 34.7 Å². The van der Waals surface area contributed by atoms with Crippen molar-refractivity contribution in [3.63, 3.8) is 0 Å². The van der Waals surface area contributed by atoms with Crippen molar-refractivity contribution in [2.45, 2.75) is 42.5 Å². The maximum Gasteiger partial charge on any atom is 0.355 e. The van der Waals surface area contributed by atoms with Crippen LogP contribution in [0.15, 0.2) is 82.7 Å². The third-order valence-electron chi connectivity index (χ3n) is 7.29. The molecule has 2 aliphatic heterocycles. The maximum atomic E-state index is 13.5. The summed E-state index contributed by atoms with van der Waals surface area (Å²) >= 11 is 3.03. The van der Waals surface area contributed by atoms with Crippen LogP contribution in [0.25, 0.3) is 10.4 Å². The van der Waals surface area contributed by atoms with Crippen molar-refractivity contribution < 1.29 is 24.4 Å². The van der Waals surface area contributed by atoms with Crippen molar-refractivity contribution in [3.8, 4) is 0 Å². The quantitative estimate of drug-likeness (QED) is 0.138. The minimum atomic E-state index is -0.856. The Balaban J connectivity index is 1.34. The molecule has 2 aromatic heterocycles. The van der Waals surface area contributed by atoms with Crippen molar-refractivity contribution in [1.29, 1.82) is 0 Å². The van der Waals surface area contributed by atoms with Gasteiger partial charge >= 0.3 is 5.97 Å². The molecule has 1 amide bonds. The first-order valence-corrected chi connectivity index (χ1v) is 14.2. The third-order valence-corrected chi connectivity index (χ3v) is 9.56. The second-order valence-electron chi connectivity index (χ2n) is 9.79. The Morgan fingerprint density at radius 3 is 2.62 bits per heavy atom. The minimum absolute atomic E-state index is 0.0590. The number of non-ortho nitro benzene ring substituents is 1. The first-order valence-electron chi connectivity index (χ1n) is 12.6. The van der Waals surface area contributed by atoms with Crippen molar-refractivity contribution in [1.82, 2.24) is 14.3 Å². The highest BCUT2D eigenvalue weighted by Crippen LogP contribution is 2.52. The van der Waals surface area contributed by atoms with Crippen LogP contribution in [0, 0.1) is 22.0 Å². The normalized spacial score (nSPS) is 20.9. The SMILES string of the molecule is C[C@@H](O)[C@H]1C(=O)N2C(C(=O)OCc3ccc([N+](=O)[O-])cc3)=C(c3cn4cnc(Sc5ccccc5)c4s3)[C@H](C)[C@H]12. The second-order valence-corrected chi connectivity index (χ2v) is 11.9. The predicted octanol–water partition coefficient (Wildman–Crippen LogP) is 4.77. The lowest BCUT2D eigenvalue weighted by atomic mass is 9.77. The van der Waals surface area contributed by atoms with Gasteiger partial charge < -0.3 is 14.7 Å². The number of nitrogens with zero attached hydrogens (tertiary/aromatic N) is 4. The summed E-state index contributed by atoms with van der Waals surface area (Å²) in [5.41, 5.74) is 1.39. The molecule has 4 aromatic rings. The van der Waals surface area contributed by atoms with Gasteiger partial charge in [-0.05, 0) is 36.8 Å². The highest BCUT2D eigenvalue weighted by molar-refractivity contribution is 7.99. The van der Waals surface area contributed by atoms with Gasteiger partial charge in [0.25, 0.3) is 5.69 Å². The molecule has 1 N–H and O–H groups in total. The number of amides is 1. The molecule has 0 bridgehead atoms. The van der Waals surface area contributed by atoms with Crippen molar-refractivity contribution >= 4 is 51.1 Å². The number of fused-ring (bicyclic) bond motifs is 2. The van der Waals surface area contributed by atoms with Crippen LogP contribution >= 0.6 is 23.1 Å². The highest BCUT2D eigenvalue weighted by atomic mass is 32.2. The zero-order valence-electron chi connectivity index (χ0n) is 21.5. The number of nitro groups is 1. The van der Waals surface area contributed by atoms with E-state index in [1.54, 1.807) is 25.0 Å². The van der Waals surface area contributed by atoms with Gasteiger partial charge in [-0.1, -0.05) is 36.9 Å². The van der Waals surface area contributed by atoms with Crippen LogP contribution in [0.1, 0.15) is 24.3 Å². The number of aliphatic hydroxyl groups excluding tert-OH is 1. The fourth-order valence-corrected chi connectivity index (χ4v) is 7.56. The number of rotatable bonds is 8. The number of imidazole rings is 1. The molecule has 4 heterocycles. The molecule has 204 valence electrons. The number of hydrogen-bond donors (Lipinski definition) is 1.